The van der Waals surface area contributed by atoms with E-state index in [-0.39, 0.29) is 5.41 Å². The second-order valence-electron chi connectivity index (χ2n) is 18.0. The molecule has 302 valence electrons. The number of anilines is 3. The Morgan fingerprint density at radius 1 is 0.359 bits per heavy atom. The third-order valence-corrected chi connectivity index (χ3v) is 14.3. The van der Waals surface area contributed by atoms with Crippen molar-refractivity contribution in [1.29, 1.82) is 0 Å². The van der Waals surface area contributed by atoms with Crippen molar-refractivity contribution in [2.24, 2.45) is 0 Å². The summed E-state index contributed by atoms with van der Waals surface area (Å²) in [5.74, 6) is 0. The van der Waals surface area contributed by atoms with Crippen molar-refractivity contribution in [1.82, 2.24) is 0 Å². The molecule has 11 aromatic rings. The molecule has 0 spiro atoms. The summed E-state index contributed by atoms with van der Waals surface area (Å²) in [6, 6.07) is 82.8. The molecule has 0 aliphatic heterocycles. The Labute approximate surface area is 373 Å². The molecule has 1 heterocycles. The highest BCUT2D eigenvalue weighted by Gasteiger charge is 2.44. The van der Waals surface area contributed by atoms with Crippen LogP contribution in [0.15, 0.2) is 229 Å². The standard InChI is InChI=1S/C62H43NO/c1-61(2)56-37-42(41-29-35-54-53(36-41)52-25-14-16-40-17-15-26-55(60(40)52)62(54,43-18-6-3-7-19-43)44-20-8-4-9-21-44)28-32-48(56)49-33-30-46(38-57(49)61)63(45-22-10-5-11-23-45)47-31-34-51-50-24-12-13-27-58(50)64-59(51)39-47/h3-39H,1-2H3. The molecule has 2 aliphatic rings. The van der Waals surface area contributed by atoms with E-state index in [2.05, 4.69) is 231 Å². The van der Waals surface area contributed by atoms with Crippen LogP contribution in [0.4, 0.5) is 17.1 Å². The lowest BCUT2D eigenvalue weighted by Gasteiger charge is -2.42. The Morgan fingerprint density at radius 3 is 1.72 bits per heavy atom. The van der Waals surface area contributed by atoms with Gasteiger partial charge in [-0.2, -0.15) is 0 Å². The number of hydrogen-bond acceptors (Lipinski definition) is 2. The number of para-hydroxylation sites is 2. The number of hydrogen-bond donors (Lipinski definition) is 0. The first kappa shape index (κ1) is 36.7. The van der Waals surface area contributed by atoms with Gasteiger partial charge in [0, 0.05) is 39.3 Å². The second-order valence-corrected chi connectivity index (χ2v) is 18.0. The summed E-state index contributed by atoms with van der Waals surface area (Å²) < 4.78 is 6.40. The van der Waals surface area contributed by atoms with Crippen molar-refractivity contribution in [3.63, 3.8) is 0 Å². The SMILES string of the molecule is CC1(C)c2cc(-c3ccc4c(c3)-c3cccc5cccc(c35)C4(c3ccccc3)c3ccccc3)ccc2-c2ccc(N(c3ccccc3)c3ccc4c(c3)oc3ccccc34)cc21. The number of nitrogens with zero attached hydrogens (tertiary/aromatic N) is 1. The molecule has 0 saturated carbocycles. The van der Waals surface area contributed by atoms with Crippen LogP contribution in [0.1, 0.15) is 47.2 Å². The topological polar surface area (TPSA) is 16.4 Å². The van der Waals surface area contributed by atoms with Crippen LogP contribution in [0.2, 0.25) is 0 Å². The van der Waals surface area contributed by atoms with Gasteiger partial charge in [0.05, 0.1) is 5.41 Å². The van der Waals surface area contributed by atoms with Crippen molar-refractivity contribution < 1.29 is 4.42 Å². The quantitative estimate of drug-likeness (QED) is 0.166. The van der Waals surface area contributed by atoms with E-state index >= 15 is 0 Å². The molecular weight excluding hydrogens is 775 g/mol. The van der Waals surface area contributed by atoms with E-state index in [4.69, 9.17) is 4.42 Å². The molecule has 2 aliphatic carbocycles. The number of fused-ring (bicyclic) bond motifs is 8. The molecule has 1 aromatic heterocycles. The van der Waals surface area contributed by atoms with Crippen LogP contribution in [0.25, 0.3) is 66.1 Å². The largest absolute Gasteiger partial charge is 0.456 e. The van der Waals surface area contributed by atoms with Gasteiger partial charge in [-0.25, -0.2) is 0 Å². The van der Waals surface area contributed by atoms with Gasteiger partial charge < -0.3 is 9.32 Å². The van der Waals surface area contributed by atoms with Crippen LogP contribution in [-0.2, 0) is 10.8 Å². The Kier molecular flexibility index (Phi) is 7.90. The third-order valence-electron chi connectivity index (χ3n) is 14.3. The first-order valence-corrected chi connectivity index (χ1v) is 22.3. The summed E-state index contributed by atoms with van der Waals surface area (Å²) >= 11 is 0. The second kappa shape index (κ2) is 13.8. The molecule has 64 heavy (non-hydrogen) atoms. The van der Waals surface area contributed by atoms with Crippen molar-refractivity contribution in [2.45, 2.75) is 24.7 Å². The maximum Gasteiger partial charge on any atom is 0.137 e. The maximum atomic E-state index is 6.40. The summed E-state index contributed by atoms with van der Waals surface area (Å²) in [6.07, 6.45) is 0. The van der Waals surface area contributed by atoms with Gasteiger partial charge in [-0.1, -0.05) is 178 Å². The van der Waals surface area contributed by atoms with Crippen molar-refractivity contribution in [3.05, 3.63) is 258 Å². The van der Waals surface area contributed by atoms with E-state index in [1.54, 1.807) is 0 Å². The molecule has 13 rings (SSSR count). The zero-order valence-corrected chi connectivity index (χ0v) is 35.7. The van der Waals surface area contributed by atoms with Crippen LogP contribution in [0, 0.1) is 0 Å². The Hall–Kier alpha value is -7.94. The summed E-state index contributed by atoms with van der Waals surface area (Å²) in [6.45, 7) is 4.77. The highest BCUT2D eigenvalue weighted by molar-refractivity contribution is 6.07. The minimum atomic E-state index is -0.491. The fraction of sp³-hybridized carbons (Fsp3) is 0.0645. The smallest absolute Gasteiger partial charge is 0.137 e. The first-order valence-electron chi connectivity index (χ1n) is 22.3. The molecule has 2 nitrogen and oxygen atoms in total. The normalized spacial score (nSPS) is 14.0. The Morgan fingerprint density at radius 2 is 0.953 bits per heavy atom. The average Bonchev–Trinajstić information content (AvgIpc) is 3.83. The molecule has 2 heteroatoms. The van der Waals surface area contributed by atoms with Crippen molar-refractivity contribution in [2.75, 3.05) is 4.90 Å². The van der Waals surface area contributed by atoms with Gasteiger partial charge in [-0.3, -0.25) is 0 Å². The van der Waals surface area contributed by atoms with Crippen LogP contribution in [0.5, 0.6) is 0 Å². The zero-order valence-electron chi connectivity index (χ0n) is 35.7. The molecule has 0 atom stereocenters. The molecule has 0 fully saturated rings. The highest BCUT2D eigenvalue weighted by Crippen LogP contribution is 2.57. The summed E-state index contributed by atoms with van der Waals surface area (Å²) in [4.78, 5) is 2.36. The molecule has 0 unspecified atom stereocenters. The average molecular weight is 818 g/mol. The molecule has 0 amide bonds. The third kappa shape index (κ3) is 5.20. The minimum absolute atomic E-state index is 0.240. The molecule has 0 bridgehead atoms. The molecule has 0 saturated heterocycles. The van der Waals surface area contributed by atoms with Gasteiger partial charge in [0.25, 0.3) is 0 Å². The molecule has 0 radical (unpaired) electrons. The Bertz CT molecular complexity index is 3590. The Balaban J connectivity index is 0.941. The van der Waals surface area contributed by atoms with E-state index in [0.717, 1.165) is 39.0 Å². The lowest BCUT2D eigenvalue weighted by molar-refractivity contribution is 0.660. The van der Waals surface area contributed by atoms with Crippen LogP contribution < -0.4 is 4.90 Å². The van der Waals surface area contributed by atoms with Gasteiger partial charge in [0.1, 0.15) is 11.2 Å². The van der Waals surface area contributed by atoms with E-state index in [1.165, 1.54) is 77.5 Å². The van der Waals surface area contributed by atoms with E-state index in [9.17, 15) is 0 Å². The molecule has 10 aromatic carbocycles. The van der Waals surface area contributed by atoms with Crippen LogP contribution >= 0.6 is 0 Å². The van der Waals surface area contributed by atoms with E-state index in [0.29, 0.717) is 0 Å². The van der Waals surface area contributed by atoms with Crippen molar-refractivity contribution >= 4 is 49.8 Å². The summed E-state index contributed by atoms with van der Waals surface area (Å²) in [5, 5.41) is 4.85. The zero-order chi connectivity index (χ0) is 42.6. The summed E-state index contributed by atoms with van der Waals surface area (Å²) in [7, 11) is 0. The summed E-state index contributed by atoms with van der Waals surface area (Å²) in [5.41, 5.74) is 19.8. The van der Waals surface area contributed by atoms with Gasteiger partial charge in [-0.15, -0.1) is 0 Å². The monoisotopic (exact) mass is 817 g/mol. The fourth-order valence-corrected chi connectivity index (χ4v) is 11.4. The van der Waals surface area contributed by atoms with Gasteiger partial charge in [0.2, 0.25) is 0 Å². The molecule has 0 N–H and O–H groups in total. The predicted molar refractivity (Wildman–Crippen MR) is 266 cm³/mol. The lowest BCUT2D eigenvalue weighted by atomic mass is 9.59. The van der Waals surface area contributed by atoms with Crippen molar-refractivity contribution in [3.8, 4) is 33.4 Å². The number of benzene rings is 10. The minimum Gasteiger partial charge on any atom is -0.456 e. The fourth-order valence-electron chi connectivity index (χ4n) is 11.4. The number of rotatable bonds is 6. The van der Waals surface area contributed by atoms with E-state index < -0.39 is 5.41 Å². The van der Waals surface area contributed by atoms with Crippen LogP contribution in [-0.4, -0.2) is 0 Å². The lowest BCUT2D eigenvalue weighted by Crippen LogP contribution is -2.33. The first-order chi connectivity index (χ1) is 31.5. The molecular formula is C62H43NO. The highest BCUT2D eigenvalue weighted by atomic mass is 16.3. The van der Waals surface area contributed by atoms with Gasteiger partial charge in [-0.05, 0) is 132 Å². The van der Waals surface area contributed by atoms with Crippen LogP contribution in [0.3, 0.4) is 0 Å². The van der Waals surface area contributed by atoms with Gasteiger partial charge >= 0.3 is 0 Å². The predicted octanol–water partition coefficient (Wildman–Crippen LogP) is 16.5. The van der Waals surface area contributed by atoms with Gasteiger partial charge in [0.15, 0.2) is 0 Å². The van der Waals surface area contributed by atoms with E-state index in [1.807, 2.05) is 12.1 Å². The number of furan rings is 1. The maximum absolute atomic E-state index is 6.40.